The van der Waals surface area contributed by atoms with E-state index in [0.29, 0.717) is 5.02 Å². The highest BCUT2D eigenvalue weighted by atomic mass is 35.5. The predicted molar refractivity (Wildman–Crippen MR) is 65.3 cm³/mol. The van der Waals surface area contributed by atoms with Crippen molar-refractivity contribution in [1.82, 2.24) is 0 Å². The molecule has 0 bridgehead atoms. The lowest BCUT2D eigenvalue weighted by Crippen LogP contribution is -2.11. The van der Waals surface area contributed by atoms with Crippen LogP contribution in [0.25, 0.3) is 0 Å². The molecule has 2 nitrogen and oxygen atoms in total. The Kier molecular flexibility index (Phi) is 3.41. The zero-order valence-electron chi connectivity index (χ0n) is 9.46. The molecule has 0 spiro atoms. The van der Waals surface area contributed by atoms with Crippen molar-refractivity contribution in [2.75, 3.05) is 6.61 Å². The molecule has 1 aromatic rings. The summed E-state index contributed by atoms with van der Waals surface area (Å²) in [7, 11) is 0. The molecule has 2 N–H and O–H groups in total. The van der Waals surface area contributed by atoms with Crippen LogP contribution in [-0.2, 0) is 12.8 Å². The van der Waals surface area contributed by atoms with E-state index in [1.807, 2.05) is 13.0 Å². The second-order valence-corrected chi connectivity index (χ2v) is 4.96. The molecular formula is C13H17ClO2. The standard InChI is InChI=1S/C13H17ClO2/c1-8(7-15)12-10-5-3-2-4-9(10)6-11(14)13(12)16/h6,8,15-16H,2-5,7H2,1H3. The number of aliphatic hydroxyl groups excluding tert-OH is 1. The average molecular weight is 241 g/mol. The van der Waals surface area contributed by atoms with Crippen molar-refractivity contribution in [3.8, 4) is 5.75 Å². The molecule has 16 heavy (non-hydrogen) atoms. The van der Waals surface area contributed by atoms with Crippen LogP contribution in [0.2, 0.25) is 5.02 Å². The molecule has 1 atom stereocenters. The van der Waals surface area contributed by atoms with Crippen LogP contribution in [0.15, 0.2) is 6.07 Å². The molecule has 0 aliphatic heterocycles. The van der Waals surface area contributed by atoms with E-state index in [9.17, 15) is 10.2 Å². The Labute approximate surface area is 101 Å². The number of fused-ring (bicyclic) bond motifs is 1. The Balaban J connectivity index is 2.59. The van der Waals surface area contributed by atoms with E-state index in [1.165, 1.54) is 17.5 Å². The van der Waals surface area contributed by atoms with Crippen molar-refractivity contribution < 1.29 is 10.2 Å². The largest absolute Gasteiger partial charge is 0.506 e. The van der Waals surface area contributed by atoms with E-state index in [4.69, 9.17) is 11.6 Å². The fourth-order valence-corrected chi connectivity index (χ4v) is 2.74. The van der Waals surface area contributed by atoms with Gasteiger partial charge >= 0.3 is 0 Å². The maximum absolute atomic E-state index is 10.0. The summed E-state index contributed by atoms with van der Waals surface area (Å²) < 4.78 is 0. The molecule has 1 aliphatic rings. The molecule has 0 saturated heterocycles. The summed E-state index contributed by atoms with van der Waals surface area (Å²) in [4.78, 5) is 0. The van der Waals surface area contributed by atoms with Gasteiger partial charge in [-0.05, 0) is 42.9 Å². The maximum Gasteiger partial charge on any atom is 0.138 e. The van der Waals surface area contributed by atoms with Gasteiger partial charge in [0.05, 0.1) is 5.02 Å². The third-order valence-electron chi connectivity index (χ3n) is 3.38. The summed E-state index contributed by atoms with van der Waals surface area (Å²) in [6, 6.07) is 1.87. The molecule has 0 saturated carbocycles. The van der Waals surface area contributed by atoms with Gasteiger partial charge in [-0.2, -0.15) is 0 Å². The lowest BCUT2D eigenvalue weighted by atomic mass is 9.84. The van der Waals surface area contributed by atoms with E-state index < -0.39 is 0 Å². The molecule has 1 aliphatic carbocycles. The van der Waals surface area contributed by atoms with E-state index in [2.05, 4.69) is 0 Å². The molecule has 3 heteroatoms. The molecule has 0 aromatic heterocycles. The third-order valence-corrected chi connectivity index (χ3v) is 3.67. The van der Waals surface area contributed by atoms with Crippen LogP contribution in [0.3, 0.4) is 0 Å². The monoisotopic (exact) mass is 240 g/mol. The quantitative estimate of drug-likeness (QED) is 0.834. The van der Waals surface area contributed by atoms with Gasteiger partial charge in [-0.1, -0.05) is 18.5 Å². The normalized spacial score (nSPS) is 16.9. The van der Waals surface area contributed by atoms with E-state index in [0.717, 1.165) is 24.8 Å². The van der Waals surface area contributed by atoms with E-state index in [-0.39, 0.29) is 18.3 Å². The van der Waals surface area contributed by atoms with Gasteiger partial charge in [-0.25, -0.2) is 0 Å². The highest BCUT2D eigenvalue weighted by Crippen LogP contribution is 2.40. The number of aliphatic hydroxyl groups is 1. The van der Waals surface area contributed by atoms with Gasteiger partial charge in [0, 0.05) is 18.1 Å². The zero-order valence-corrected chi connectivity index (χ0v) is 10.2. The molecular weight excluding hydrogens is 224 g/mol. The summed E-state index contributed by atoms with van der Waals surface area (Å²) in [6.45, 7) is 1.96. The van der Waals surface area contributed by atoms with Crippen LogP contribution >= 0.6 is 11.6 Å². The number of phenolic OH excluding ortho intramolecular Hbond substituents is 1. The van der Waals surface area contributed by atoms with Crippen molar-refractivity contribution in [2.45, 2.75) is 38.5 Å². The molecule has 0 heterocycles. The zero-order chi connectivity index (χ0) is 11.7. The number of benzene rings is 1. The first-order valence-electron chi connectivity index (χ1n) is 5.79. The maximum atomic E-state index is 10.0. The van der Waals surface area contributed by atoms with E-state index >= 15 is 0 Å². The number of halogens is 1. The van der Waals surface area contributed by atoms with Gasteiger partial charge in [0.15, 0.2) is 0 Å². The highest BCUT2D eigenvalue weighted by molar-refractivity contribution is 6.32. The Bertz CT molecular complexity index is 401. The Morgan fingerprint density at radius 2 is 2.06 bits per heavy atom. The number of phenols is 1. The van der Waals surface area contributed by atoms with Crippen molar-refractivity contribution in [3.05, 3.63) is 27.8 Å². The highest BCUT2D eigenvalue weighted by Gasteiger charge is 2.22. The molecule has 1 unspecified atom stereocenters. The third kappa shape index (κ3) is 1.92. The summed E-state index contributed by atoms with van der Waals surface area (Å²) in [5, 5.41) is 19.7. The molecule has 88 valence electrons. The molecule has 0 amide bonds. The van der Waals surface area contributed by atoms with Crippen LogP contribution in [0.1, 0.15) is 42.4 Å². The van der Waals surface area contributed by atoms with Crippen molar-refractivity contribution >= 4 is 11.6 Å². The smallest absolute Gasteiger partial charge is 0.138 e. The van der Waals surface area contributed by atoms with Gasteiger partial charge in [0.2, 0.25) is 0 Å². The van der Waals surface area contributed by atoms with Crippen molar-refractivity contribution in [3.63, 3.8) is 0 Å². The first-order chi connectivity index (χ1) is 7.65. The SMILES string of the molecule is CC(CO)c1c(O)c(Cl)cc2c1CCCC2. The van der Waals surface area contributed by atoms with Crippen molar-refractivity contribution in [1.29, 1.82) is 0 Å². The Morgan fingerprint density at radius 3 is 2.75 bits per heavy atom. The fraction of sp³-hybridized carbons (Fsp3) is 0.538. The summed E-state index contributed by atoms with van der Waals surface area (Å²) in [5.41, 5.74) is 3.30. The minimum atomic E-state index is -0.0504. The topological polar surface area (TPSA) is 40.5 Å². The second-order valence-electron chi connectivity index (χ2n) is 4.55. The Morgan fingerprint density at radius 1 is 1.38 bits per heavy atom. The van der Waals surface area contributed by atoms with Gasteiger partial charge in [-0.3, -0.25) is 0 Å². The summed E-state index contributed by atoms with van der Waals surface area (Å²) in [6.07, 6.45) is 4.35. The molecule has 2 rings (SSSR count). The fourth-order valence-electron chi connectivity index (χ4n) is 2.51. The predicted octanol–water partition coefficient (Wildman–Crippen LogP) is 3.02. The lowest BCUT2D eigenvalue weighted by Gasteiger charge is -2.24. The second kappa shape index (κ2) is 4.64. The lowest BCUT2D eigenvalue weighted by molar-refractivity contribution is 0.269. The van der Waals surface area contributed by atoms with Gasteiger partial charge < -0.3 is 10.2 Å². The Hall–Kier alpha value is -0.730. The molecule has 0 fully saturated rings. The van der Waals surface area contributed by atoms with Crippen LogP contribution in [0.4, 0.5) is 0 Å². The number of hydrogen-bond acceptors (Lipinski definition) is 2. The molecule has 0 radical (unpaired) electrons. The molecule has 1 aromatic carbocycles. The first kappa shape index (κ1) is 11.7. The van der Waals surface area contributed by atoms with Crippen LogP contribution in [-0.4, -0.2) is 16.8 Å². The summed E-state index contributed by atoms with van der Waals surface area (Å²) >= 11 is 6.02. The first-order valence-corrected chi connectivity index (χ1v) is 6.17. The minimum absolute atomic E-state index is 0.0420. The van der Waals surface area contributed by atoms with Crippen LogP contribution < -0.4 is 0 Å². The number of aryl methyl sites for hydroxylation is 1. The number of rotatable bonds is 2. The average Bonchev–Trinajstić information content (AvgIpc) is 2.30. The number of hydrogen-bond donors (Lipinski definition) is 2. The van der Waals surface area contributed by atoms with E-state index in [1.54, 1.807) is 0 Å². The van der Waals surface area contributed by atoms with Crippen molar-refractivity contribution in [2.24, 2.45) is 0 Å². The number of aromatic hydroxyl groups is 1. The van der Waals surface area contributed by atoms with Crippen LogP contribution in [0, 0.1) is 0 Å². The summed E-state index contributed by atoms with van der Waals surface area (Å²) in [5.74, 6) is 0.106. The van der Waals surface area contributed by atoms with Gasteiger partial charge in [0.1, 0.15) is 5.75 Å². The van der Waals surface area contributed by atoms with Gasteiger partial charge in [-0.15, -0.1) is 0 Å². The minimum Gasteiger partial charge on any atom is -0.506 e. The van der Waals surface area contributed by atoms with Crippen LogP contribution in [0.5, 0.6) is 5.75 Å². The van der Waals surface area contributed by atoms with Gasteiger partial charge in [0.25, 0.3) is 0 Å².